The average molecular weight is 392 g/mol. The van der Waals surface area contributed by atoms with Gasteiger partial charge in [0.05, 0.1) is 18.1 Å². The average Bonchev–Trinajstić information content (AvgIpc) is 2.86. The van der Waals surface area contributed by atoms with Gasteiger partial charge in [-0.1, -0.05) is 29.3 Å². The van der Waals surface area contributed by atoms with Gasteiger partial charge < -0.3 is 9.64 Å². The van der Waals surface area contributed by atoms with E-state index >= 15 is 0 Å². The van der Waals surface area contributed by atoms with E-state index in [-0.39, 0.29) is 23.5 Å². The van der Waals surface area contributed by atoms with Crippen molar-refractivity contribution in [2.24, 2.45) is 0 Å². The number of amides is 1. The molecular formula is C16H19Cl2NO4S. The van der Waals surface area contributed by atoms with E-state index in [0.717, 1.165) is 0 Å². The molecule has 0 aliphatic carbocycles. The van der Waals surface area contributed by atoms with Gasteiger partial charge >= 0.3 is 0 Å². The number of nitrogens with zero attached hydrogens (tertiary/aromatic N) is 1. The van der Waals surface area contributed by atoms with Crippen molar-refractivity contribution in [3.63, 3.8) is 0 Å². The Balaban J connectivity index is 2.13. The summed E-state index contributed by atoms with van der Waals surface area (Å²) in [6, 6.07) is 4.68. The molecule has 132 valence electrons. The summed E-state index contributed by atoms with van der Waals surface area (Å²) in [5, 5.41) is 0.958. The number of hydrogen-bond acceptors (Lipinski definition) is 4. The van der Waals surface area contributed by atoms with Gasteiger partial charge in [0.15, 0.2) is 9.84 Å². The SMILES string of the molecule is COCCN(C(=O)/C=C/c1ccc(Cl)cc1Cl)[C@H]1CCS(=O)(=O)C1. The third-order valence-electron chi connectivity index (χ3n) is 3.84. The maximum absolute atomic E-state index is 12.5. The van der Waals surface area contributed by atoms with E-state index in [2.05, 4.69) is 0 Å². The van der Waals surface area contributed by atoms with Crippen LogP contribution in [0.1, 0.15) is 12.0 Å². The van der Waals surface area contributed by atoms with E-state index in [0.29, 0.717) is 35.2 Å². The third-order valence-corrected chi connectivity index (χ3v) is 6.15. The second-order valence-corrected chi connectivity index (χ2v) is 8.65. The fourth-order valence-corrected chi connectivity index (χ4v) is 4.78. The van der Waals surface area contributed by atoms with Crippen molar-refractivity contribution in [3.8, 4) is 0 Å². The fraction of sp³-hybridized carbons (Fsp3) is 0.438. The van der Waals surface area contributed by atoms with E-state index in [4.69, 9.17) is 27.9 Å². The first-order valence-corrected chi connectivity index (χ1v) is 10.0. The highest BCUT2D eigenvalue weighted by molar-refractivity contribution is 7.91. The monoisotopic (exact) mass is 391 g/mol. The molecule has 1 heterocycles. The zero-order chi connectivity index (χ0) is 17.7. The number of carbonyl (C=O) groups excluding carboxylic acids is 1. The Morgan fingerprint density at radius 1 is 1.42 bits per heavy atom. The zero-order valence-electron chi connectivity index (χ0n) is 13.2. The molecule has 0 bridgehead atoms. The lowest BCUT2D eigenvalue weighted by atomic mass is 10.2. The normalized spacial score (nSPS) is 19.7. The van der Waals surface area contributed by atoms with Gasteiger partial charge in [0.1, 0.15) is 0 Å². The largest absolute Gasteiger partial charge is 0.383 e. The molecule has 0 saturated carbocycles. The molecule has 2 rings (SSSR count). The highest BCUT2D eigenvalue weighted by atomic mass is 35.5. The molecule has 1 atom stereocenters. The molecule has 0 radical (unpaired) electrons. The first-order chi connectivity index (χ1) is 11.3. The molecule has 24 heavy (non-hydrogen) atoms. The lowest BCUT2D eigenvalue weighted by Crippen LogP contribution is -2.42. The quantitative estimate of drug-likeness (QED) is 0.699. The van der Waals surface area contributed by atoms with Gasteiger partial charge in [-0.25, -0.2) is 8.42 Å². The highest BCUT2D eigenvalue weighted by Crippen LogP contribution is 2.23. The fourth-order valence-electron chi connectivity index (χ4n) is 2.58. The van der Waals surface area contributed by atoms with Crippen LogP contribution in [0.3, 0.4) is 0 Å². The number of sulfone groups is 1. The van der Waals surface area contributed by atoms with Crippen LogP contribution < -0.4 is 0 Å². The number of hydrogen-bond donors (Lipinski definition) is 0. The predicted octanol–water partition coefficient (Wildman–Crippen LogP) is 2.67. The summed E-state index contributed by atoms with van der Waals surface area (Å²) in [5.74, 6) is -0.153. The van der Waals surface area contributed by atoms with Crippen molar-refractivity contribution in [1.82, 2.24) is 4.90 Å². The van der Waals surface area contributed by atoms with Crippen LogP contribution in [0.15, 0.2) is 24.3 Å². The van der Waals surface area contributed by atoms with Crippen molar-refractivity contribution >= 4 is 45.0 Å². The van der Waals surface area contributed by atoms with Crippen LogP contribution in [-0.2, 0) is 19.4 Å². The summed E-state index contributed by atoms with van der Waals surface area (Å²) >= 11 is 11.9. The van der Waals surface area contributed by atoms with Crippen LogP contribution in [0.25, 0.3) is 6.08 Å². The van der Waals surface area contributed by atoms with Crippen LogP contribution in [-0.4, -0.2) is 57.0 Å². The van der Waals surface area contributed by atoms with E-state index in [1.165, 1.54) is 13.2 Å². The summed E-state index contributed by atoms with van der Waals surface area (Å²) < 4.78 is 28.4. The summed E-state index contributed by atoms with van der Waals surface area (Å²) in [7, 11) is -1.53. The van der Waals surface area contributed by atoms with Crippen LogP contribution in [0.5, 0.6) is 0 Å². The number of methoxy groups -OCH3 is 1. The Bertz CT molecular complexity index is 734. The lowest BCUT2D eigenvalue weighted by Gasteiger charge is -2.26. The molecule has 1 aromatic rings. The van der Waals surface area contributed by atoms with Crippen LogP contribution in [0.4, 0.5) is 0 Å². The minimum Gasteiger partial charge on any atom is -0.383 e. The summed E-state index contributed by atoms with van der Waals surface area (Å²) in [4.78, 5) is 14.1. The van der Waals surface area contributed by atoms with E-state index in [9.17, 15) is 13.2 Å². The van der Waals surface area contributed by atoms with Crippen LogP contribution in [0.2, 0.25) is 10.0 Å². The lowest BCUT2D eigenvalue weighted by molar-refractivity contribution is -0.128. The van der Waals surface area contributed by atoms with Crippen molar-refractivity contribution < 1.29 is 17.9 Å². The summed E-state index contributed by atoms with van der Waals surface area (Å²) in [5.41, 5.74) is 0.667. The smallest absolute Gasteiger partial charge is 0.246 e. The molecule has 5 nitrogen and oxygen atoms in total. The summed E-state index contributed by atoms with van der Waals surface area (Å²) in [6.07, 6.45) is 3.45. The number of ether oxygens (including phenoxy) is 1. The maximum Gasteiger partial charge on any atom is 0.246 e. The van der Waals surface area contributed by atoms with Crippen molar-refractivity contribution in [1.29, 1.82) is 0 Å². The van der Waals surface area contributed by atoms with Gasteiger partial charge in [-0.05, 0) is 30.2 Å². The van der Waals surface area contributed by atoms with Gasteiger partial charge in [-0.3, -0.25) is 4.79 Å². The molecule has 0 aromatic heterocycles. The van der Waals surface area contributed by atoms with Gasteiger partial charge in [-0.15, -0.1) is 0 Å². The second-order valence-electron chi connectivity index (χ2n) is 5.58. The molecule has 1 amide bonds. The Labute approximate surface area is 152 Å². The van der Waals surface area contributed by atoms with E-state index in [1.807, 2.05) is 0 Å². The molecule has 1 saturated heterocycles. The standard InChI is InChI=1S/C16H19Cl2NO4S/c1-23-8-7-19(14-6-9-24(21,22)11-14)16(20)5-3-12-2-4-13(17)10-15(12)18/h2-5,10,14H,6-9,11H2,1H3/b5-3+/t14-/m0/s1. The first kappa shape index (κ1) is 19.2. The van der Waals surface area contributed by atoms with Crippen molar-refractivity contribution in [3.05, 3.63) is 39.9 Å². The number of carbonyl (C=O) groups is 1. The molecular weight excluding hydrogens is 373 g/mol. The van der Waals surface area contributed by atoms with Crippen LogP contribution >= 0.6 is 23.2 Å². The molecule has 1 aliphatic rings. The molecule has 0 spiro atoms. The highest BCUT2D eigenvalue weighted by Gasteiger charge is 2.33. The van der Waals surface area contributed by atoms with E-state index in [1.54, 1.807) is 29.2 Å². The number of halogens is 2. The van der Waals surface area contributed by atoms with Crippen molar-refractivity contribution in [2.75, 3.05) is 31.8 Å². The van der Waals surface area contributed by atoms with Gasteiger partial charge in [-0.2, -0.15) is 0 Å². The minimum absolute atomic E-state index is 0.00199. The predicted molar refractivity (Wildman–Crippen MR) is 96.1 cm³/mol. The van der Waals surface area contributed by atoms with Gasteiger partial charge in [0.2, 0.25) is 5.91 Å². The summed E-state index contributed by atoms with van der Waals surface area (Å²) in [6.45, 7) is 0.687. The Morgan fingerprint density at radius 3 is 2.75 bits per heavy atom. The van der Waals surface area contributed by atoms with Gasteiger partial charge in [0.25, 0.3) is 0 Å². The molecule has 1 aliphatic heterocycles. The third kappa shape index (κ3) is 5.21. The second kappa shape index (κ2) is 8.34. The van der Waals surface area contributed by atoms with E-state index < -0.39 is 9.84 Å². The Hall–Kier alpha value is -1.08. The number of benzene rings is 1. The molecule has 0 unspecified atom stereocenters. The number of rotatable bonds is 6. The molecule has 1 aromatic carbocycles. The zero-order valence-corrected chi connectivity index (χ0v) is 15.6. The van der Waals surface area contributed by atoms with Crippen molar-refractivity contribution in [2.45, 2.75) is 12.5 Å². The topological polar surface area (TPSA) is 63.7 Å². The van der Waals surface area contributed by atoms with Crippen LogP contribution in [0, 0.1) is 0 Å². The molecule has 0 N–H and O–H groups in total. The first-order valence-electron chi connectivity index (χ1n) is 7.45. The minimum atomic E-state index is -3.07. The molecule has 8 heteroatoms. The Kier molecular flexibility index (Phi) is 6.69. The van der Waals surface area contributed by atoms with Gasteiger partial charge in [0, 0.05) is 35.8 Å². The maximum atomic E-state index is 12.5. The Morgan fingerprint density at radius 2 is 2.17 bits per heavy atom. The molecule has 1 fully saturated rings.